The van der Waals surface area contributed by atoms with E-state index in [0.717, 1.165) is 16.7 Å². The molecule has 0 saturated heterocycles. The monoisotopic (exact) mass is 236 g/mol. The lowest BCUT2D eigenvalue weighted by molar-refractivity contribution is -0.140. The van der Waals surface area contributed by atoms with Gasteiger partial charge in [0, 0.05) is 6.42 Å². The fourth-order valence-electron chi connectivity index (χ4n) is 1.58. The lowest BCUT2D eigenvalue weighted by atomic mass is 9.99. The molecule has 0 aliphatic carbocycles. The number of carboxylic acid groups (broad SMARTS) is 1. The Hall–Kier alpha value is -1.84. The minimum atomic E-state index is -0.817. The second-order valence-electron chi connectivity index (χ2n) is 3.91. The van der Waals surface area contributed by atoms with Gasteiger partial charge in [-0.15, -0.1) is 0 Å². The van der Waals surface area contributed by atoms with Crippen LogP contribution in [0.15, 0.2) is 18.2 Å². The van der Waals surface area contributed by atoms with Crippen LogP contribution in [0.2, 0.25) is 0 Å². The summed E-state index contributed by atoms with van der Waals surface area (Å²) in [4.78, 5) is 21.6. The first kappa shape index (κ1) is 13.2. The van der Waals surface area contributed by atoms with Crippen molar-refractivity contribution in [1.82, 2.24) is 0 Å². The standard InChI is InChI=1S/C13H16O4/c1-9-3-4-10(8-13(16)17-2)7-11(9)5-6-12(14)15/h3-4,7H,5-6,8H2,1-2H3,(H,14,15). The highest BCUT2D eigenvalue weighted by Gasteiger charge is 2.07. The topological polar surface area (TPSA) is 63.6 Å². The number of aryl methyl sites for hydroxylation is 2. The van der Waals surface area contributed by atoms with Gasteiger partial charge in [0.15, 0.2) is 0 Å². The van der Waals surface area contributed by atoms with Gasteiger partial charge in [-0.25, -0.2) is 0 Å². The van der Waals surface area contributed by atoms with Gasteiger partial charge >= 0.3 is 11.9 Å². The molecule has 0 aromatic heterocycles. The van der Waals surface area contributed by atoms with E-state index in [1.807, 2.05) is 25.1 Å². The molecule has 4 heteroatoms. The van der Waals surface area contributed by atoms with Crippen molar-refractivity contribution in [2.45, 2.75) is 26.2 Å². The third kappa shape index (κ3) is 4.26. The number of aliphatic carboxylic acids is 1. The smallest absolute Gasteiger partial charge is 0.309 e. The molecule has 1 rings (SSSR count). The molecule has 1 aromatic carbocycles. The second kappa shape index (κ2) is 6.03. The molecular weight excluding hydrogens is 220 g/mol. The van der Waals surface area contributed by atoms with Crippen molar-refractivity contribution in [3.8, 4) is 0 Å². The van der Waals surface area contributed by atoms with Crippen molar-refractivity contribution < 1.29 is 19.4 Å². The van der Waals surface area contributed by atoms with Crippen molar-refractivity contribution in [3.63, 3.8) is 0 Å². The molecule has 4 nitrogen and oxygen atoms in total. The van der Waals surface area contributed by atoms with Gasteiger partial charge < -0.3 is 9.84 Å². The van der Waals surface area contributed by atoms with Gasteiger partial charge in [-0.3, -0.25) is 9.59 Å². The van der Waals surface area contributed by atoms with Crippen LogP contribution in [0.1, 0.15) is 23.1 Å². The first-order valence-electron chi connectivity index (χ1n) is 5.40. The average molecular weight is 236 g/mol. The number of carbonyl (C=O) groups excluding carboxylic acids is 1. The van der Waals surface area contributed by atoms with Gasteiger partial charge in [0.2, 0.25) is 0 Å². The molecular formula is C13H16O4. The third-order valence-corrected chi connectivity index (χ3v) is 2.60. The number of carboxylic acids is 1. The molecule has 0 fully saturated rings. The molecule has 0 aliphatic rings. The van der Waals surface area contributed by atoms with Crippen molar-refractivity contribution >= 4 is 11.9 Å². The van der Waals surface area contributed by atoms with Crippen LogP contribution in [0.5, 0.6) is 0 Å². The van der Waals surface area contributed by atoms with Gasteiger partial charge in [0.1, 0.15) is 0 Å². The number of carbonyl (C=O) groups is 2. The zero-order valence-corrected chi connectivity index (χ0v) is 10.0. The van der Waals surface area contributed by atoms with Crippen LogP contribution < -0.4 is 0 Å². The minimum absolute atomic E-state index is 0.0997. The Morgan fingerprint density at radius 2 is 2.06 bits per heavy atom. The Kier molecular flexibility index (Phi) is 4.69. The zero-order valence-electron chi connectivity index (χ0n) is 10.0. The molecule has 1 aromatic rings. The lowest BCUT2D eigenvalue weighted by Crippen LogP contribution is -2.06. The van der Waals surface area contributed by atoms with Crippen molar-refractivity contribution in [2.75, 3.05) is 7.11 Å². The van der Waals surface area contributed by atoms with E-state index in [1.165, 1.54) is 7.11 Å². The number of hydrogen-bond acceptors (Lipinski definition) is 3. The maximum absolute atomic E-state index is 11.1. The average Bonchev–Trinajstić information content (AvgIpc) is 2.29. The molecule has 0 amide bonds. The number of esters is 1. The van der Waals surface area contributed by atoms with Crippen LogP contribution in [0.4, 0.5) is 0 Å². The quantitative estimate of drug-likeness (QED) is 0.791. The molecule has 92 valence electrons. The molecule has 0 aliphatic heterocycles. The van der Waals surface area contributed by atoms with Crippen LogP contribution in [-0.2, 0) is 27.2 Å². The van der Waals surface area contributed by atoms with E-state index in [1.54, 1.807) is 0 Å². The van der Waals surface area contributed by atoms with E-state index < -0.39 is 5.97 Å². The molecule has 0 saturated carbocycles. The Bertz CT molecular complexity index is 423. The summed E-state index contributed by atoms with van der Waals surface area (Å²) in [7, 11) is 1.35. The van der Waals surface area contributed by atoms with Crippen LogP contribution in [0.25, 0.3) is 0 Å². The highest BCUT2D eigenvalue weighted by Crippen LogP contribution is 2.14. The minimum Gasteiger partial charge on any atom is -0.481 e. The predicted molar refractivity (Wildman–Crippen MR) is 62.9 cm³/mol. The van der Waals surface area contributed by atoms with Crippen LogP contribution in [-0.4, -0.2) is 24.2 Å². The van der Waals surface area contributed by atoms with Gasteiger partial charge in [-0.1, -0.05) is 18.2 Å². The Morgan fingerprint density at radius 1 is 1.35 bits per heavy atom. The first-order valence-corrected chi connectivity index (χ1v) is 5.40. The normalized spacial score (nSPS) is 10.0. The maximum atomic E-state index is 11.1. The summed E-state index contributed by atoms with van der Waals surface area (Å²) in [5.74, 6) is -1.11. The van der Waals surface area contributed by atoms with E-state index in [2.05, 4.69) is 4.74 Å². The summed E-state index contributed by atoms with van der Waals surface area (Å²) >= 11 is 0. The van der Waals surface area contributed by atoms with E-state index in [-0.39, 0.29) is 18.8 Å². The summed E-state index contributed by atoms with van der Waals surface area (Å²) in [5, 5.41) is 8.64. The van der Waals surface area contributed by atoms with Crippen molar-refractivity contribution in [3.05, 3.63) is 34.9 Å². The molecule has 0 bridgehead atoms. The van der Waals surface area contributed by atoms with E-state index in [4.69, 9.17) is 5.11 Å². The molecule has 0 spiro atoms. The molecule has 17 heavy (non-hydrogen) atoms. The third-order valence-electron chi connectivity index (χ3n) is 2.60. The van der Waals surface area contributed by atoms with E-state index >= 15 is 0 Å². The number of benzene rings is 1. The van der Waals surface area contributed by atoms with Gasteiger partial charge in [0.05, 0.1) is 13.5 Å². The fraction of sp³-hybridized carbons (Fsp3) is 0.385. The highest BCUT2D eigenvalue weighted by molar-refractivity contribution is 5.72. The van der Waals surface area contributed by atoms with E-state index in [9.17, 15) is 9.59 Å². The maximum Gasteiger partial charge on any atom is 0.309 e. The molecule has 0 heterocycles. The van der Waals surface area contributed by atoms with Gasteiger partial charge in [-0.05, 0) is 30.0 Å². The van der Waals surface area contributed by atoms with Crippen LogP contribution >= 0.6 is 0 Å². The van der Waals surface area contributed by atoms with Gasteiger partial charge in [0.25, 0.3) is 0 Å². The molecule has 1 N–H and O–H groups in total. The zero-order chi connectivity index (χ0) is 12.8. The summed E-state index contributed by atoms with van der Waals surface area (Å²) < 4.78 is 4.59. The second-order valence-corrected chi connectivity index (χ2v) is 3.91. The number of hydrogen-bond donors (Lipinski definition) is 1. The summed E-state index contributed by atoms with van der Waals surface area (Å²) in [6, 6.07) is 5.63. The largest absolute Gasteiger partial charge is 0.481 e. The Morgan fingerprint density at radius 3 is 2.65 bits per heavy atom. The predicted octanol–water partition coefficient (Wildman–Crippen LogP) is 1.73. The Balaban J connectivity index is 2.78. The fourth-order valence-corrected chi connectivity index (χ4v) is 1.58. The van der Waals surface area contributed by atoms with E-state index in [0.29, 0.717) is 6.42 Å². The SMILES string of the molecule is COC(=O)Cc1ccc(C)c(CCC(=O)O)c1. The molecule has 0 atom stereocenters. The van der Waals surface area contributed by atoms with Crippen molar-refractivity contribution in [2.24, 2.45) is 0 Å². The molecule has 0 unspecified atom stereocenters. The summed E-state index contributed by atoms with van der Waals surface area (Å²) in [5.41, 5.74) is 2.86. The Labute approximate surface area is 100 Å². The number of ether oxygens (including phenoxy) is 1. The van der Waals surface area contributed by atoms with Crippen LogP contribution in [0.3, 0.4) is 0 Å². The molecule has 0 radical (unpaired) electrons. The van der Waals surface area contributed by atoms with Gasteiger partial charge in [-0.2, -0.15) is 0 Å². The highest BCUT2D eigenvalue weighted by atomic mass is 16.5. The number of rotatable bonds is 5. The van der Waals surface area contributed by atoms with Crippen LogP contribution in [0, 0.1) is 6.92 Å². The number of methoxy groups -OCH3 is 1. The summed E-state index contributed by atoms with van der Waals surface area (Å²) in [6.07, 6.45) is 0.801. The van der Waals surface area contributed by atoms with Crippen molar-refractivity contribution in [1.29, 1.82) is 0 Å². The lowest BCUT2D eigenvalue weighted by Gasteiger charge is -2.07. The first-order chi connectivity index (χ1) is 8.02. The summed E-state index contributed by atoms with van der Waals surface area (Å²) in [6.45, 7) is 1.93.